The van der Waals surface area contributed by atoms with Crippen LogP contribution in [0.15, 0.2) is 139 Å². The van der Waals surface area contributed by atoms with Gasteiger partial charge in [0.05, 0.1) is 22.0 Å². The zero-order valence-electron chi connectivity index (χ0n) is 38.1. The maximum absolute atomic E-state index is 9.42. The number of benzene rings is 7. The first kappa shape index (κ1) is 16.7. The van der Waals surface area contributed by atoms with Gasteiger partial charge in [0.25, 0.3) is 0 Å². The van der Waals surface area contributed by atoms with Crippen LogP contribution in [0.4, 0.5) is 0 Å². The molecular weight excluding hydrogens is 556 g/mol. The molecule has 1 aromatic heterocycles. The lowest BCUT2D eigenvalue weighted by atomic mass is 9.80. The second kappa shape index (κ2) is 10.0. The van der Waals surface area contributed by atoms with Crippen LogP contribution < -0.4 is 0 Å². The van der Waals surface area contributed by atoms with Crippen molar-refractivity contribution in [3.63, 3.8) is 0 Å². The summed E-state index contributed by atoms with van der Waals surface area (Å²) in [4.78, 5) is 4.44. The normalized spacial score (nSPS) is 18.0. The quantitative estimate of drug-likeness (QED) is 0.183. The summed E-state index contributed by atoms with van der Waals surface area (Å²) in [6, 6.07) is 23.3. The molecule has 1 heterocycles. The Kier molecular flexibility index (Phi) is 3.64. The molecule has 220 valence electrons. The van der Waals surface area contributed by atoms with Gasteiger partial charge in [0.2, 0.25) is 0 Å². The second-order valence-corrected chi connectivity index (χ2v) is 12.1. The summed E-state index contributed by atoms with van der Waals surface area (Å²) in [5.74, 6) is -0.383. The molecule has 0 aliphatic heterocycles. The van der Waals surface area contributed by atoms with Gasteiger partial charge in [-0.1, -0.05) is 130 Å². The number of imidazole rings is 1. The van der Waals surface area contributed by atoms with Crippen LogP contribution in [0.1, 0.15) is 55.5 Å². The Balaban J connectivity index is 1.44. The Morgan fingerprint density at radius 2 is 1.30 bits per heavy atom. The maximum atomic E-state index is 9.42. The Bertz CT molecular complexity index is 3060. The molecule has 0 amide bonds. The number of rotatable bonds is 4. The van der Waals surface area contributed by atoms with E-state index < -0.39 is 54.9 Å². The van der Waals surface area contributed by atoms with Crippen molar-refractivity contribution < 1.29 is 17.8 Å². The molecule has 7 aromatic carbocycles. The van der Waals surface area contributed by atoms with Crippen molar-refractivity contribution in [2.45, 2.75) is 32.5 Å². The van der Waals surface area contributed by atoms with Gasteiger partial charge in [0.15, 0.2) is 0 Å². The van der Waals surface area contributed by atoms with E-state index >= 15 is 0 Å². The Morgan fingerprint density at radius 3 is 2.02 bits per heavy atom. The molecule has 0 saturated carbocycles. The molecule has 0 fully saturated rings. The van der Waals surface area contributed by atoms with Gasteiger partial charge in [0.1, 0.15) is 5.82 Å². The van der Waals surface area contributed by atoms with Crippen LogP contribution in [0.25, 0.3) is 71.6 Å². The molecule has 0 saturated heterocycles. The van der Waals surface area contributed by atoms with Crippen LogP contribution in [0, 0.1) is 0 Å². The molecule has 0 bridgehead atoms. The van der Waals surface area contributed by atoms with Gasteiger partial charge >= 0.3 is 0 Å². The first-order chi connectivity index (χ1) is 27.8. The van der Waals surface area contributed by atoms with E-state index in [2.05, 4.69) is 31.0 Å². The molecule has 0 atom stereocenters. The Labute approximate surface area is 287 Å². The van der Waals surface area contributed by atoms with Crippen molar-refractivity contribution >= 4 is 32.6 Å². The van der Waals surface area contributed by atoms with Crippen molar-refractivity contribution in [3.8, 4) is 39.1 Å². The van der Waals surface area contributed by atoms with Crippen molar-refractivity contribution in [1.29, 1.82) is 0 Å². The van der Waals surface area contributed by atoms with Gasteiger partial charge < -0.3 is 0 Å². The van der Waals surface area contributed by atoms with Gasteiger partial charge in [-0.2, -0.15) is 0 Å². The molecule has 8 aromatic rings. The lowest BCUT2D eigenvalue weighted by Crippen LogP contribution is -2.14. The smallest absolute Gasteiger partial charge is 0.114 e. The third kappa shape index (κ3) is 3.80. The highest BCUT2D eigenvalue weighted by atomic mass is 15.1. The summed E-state index contributed by atoms with van der Waals surface area (Å²) in [7, 11) is 0. The fourth-order valence-corrected chi connectivity index (χ4v) is 7.23. The minimum atomic E-state index is -3.10. The van der Waals surface area contributed by atoms with Crippen LogP contribution in [-0.4, -0.2) is 9.55 Å². The van der Waals surface area contributed by atoms with E-state index in [1.807, 2.05) is 30.3 Å². The maximum Gasteiger partial charge on any atom is 0.114 e. The summed E-state index contributed by atoms with van der Waals surface area (Å²) in [6.07, 6.45) is -2.91. The summed E-state index contributed by atoms with van der Waals surface area (Å²) < 4.78 is 116. The number of aryl methyl sites for hydroxylation is 1. The minimum Gasteiger partial charge on any atom is -0.296 e. The van der Waals surface area contributed by atoms with E-state index in [1.54, 1.807) is 48.5 Å². The van der Waals surface area contributed by atoms with Gasteiger partial charge in [-0.3, -0.25) is 4.57 Å². The molecule has 0 N–H and O–H groups in total. The van der Waals surface area contributed by atoms with Crippen LogP contribution in [0.3, 0.4) is 0 Å². The number of hydrogen-bond acceptors (Lipinski definition) is 1. The van der Waals surface area contributed by atoms with Crippen LogP contribution in [-0.2, 0) is 11.8 Å². The standard InChI is InChI=1S/C44H34N2/c1-4-41-45-39-22-11-12-23-40(39)46(41)30-15-13-14-28(26-30)42-33-17-5-7-19-35(33)43(36-20-8-6-18-34(36)42)29-24-25-32-31-16-9-10-21-37(31)44(2,3)38(32)27-29/h5-27H,4H2,1-3H3/i1D3,4D2,5D,6D,7D,8D,17D,18D,19D,20D. The van der Waals surface area contributed by atoms with Gasteiger partial charge in [-0.25, -0.2) is 4.98 Å². The molecule has 0 unspecified atom stereocenters. The van der Waals surface area contributed by atoms with E-state index in [0.717, 1.165) is 22.3 Å². The zero-order valence-corrected chi connectivity index (χ0v) is 25.1. The van der Waals surface area contributed by atoms with Crippen molar-refractivity contribution in [3.05, 3.63) is 156 Å². The second-order valence-electron chi connectivity index (χ2n) is 12.1. The van der Waals surface area contributed by atoms with Crippen LogP contribution >= 0.6 is 0 Å². The van der Waals surface area contributed by atoms with E-state index in [1.165, 1.54) is 4.57 Å². The van der Waals surface area contributed by atoms with Crippen molar-refractivity contribution in [1.82, 2.24) is 9.55 Å². The van der Waals surface area contributed by atoms with Crippen molar-refractivity contribution in [2.75, 3.05) is 0 Å². The SMILES string of the molecule is [2H]c1c([2H])c([2H])c2c(-c3ccc4c(c3)C(C)(C)c3ccccc3-4)c3c([2H])c([2H])c([2H])c([2H])c3c(-c3cccc(-n4c(C([2H])([2H])C([2H])([2H])[2H])nc5ccccc54)c3)c2c1[2H]. The molecule has 0 radical (unpaired) electrons. The number of aromatic nitrogens is 2. The molecule has 9 rings (SSSR count). The largest absolute Gasteiger partial charge is 0.296 e. The highest BCUT2D eigenvalue weighted by molar-refractivity contribution is 6.21. The van der Waals surface area contributed by atoms with Crippen LogP contribution in [0.5, 0.6) is 0 Å². The number of hydrogen-bond donors (Lipinski definition) is 0. The first-order valence-corrected chi connectivity index (χ1v) is 15.1. The molecule has 46 heavy (non-hydrogen) atoms. The lowest BCUT2D eigenvalue weighted by molar-refractivity contribution is 0.660. The highest BCUT2D eigenvalue weighted by Gasteiger charge is 2.35. The fraction of sp³-hybridized carbons (Fsp3) is 0.114. The third-order valence-corrected chi connectivity index (χ3v) is 9.31. The van der Waals surface area contributed by atoms with E-state index in [9.17, 15) is 5.48 Å². The molecule has 1 aliphatic rings. The Hall–Kier alpha value is -5.47. The lowest BCUT2D eigenvalue weighted by Gasteiger charge is -2.23. The van der Waals surface area contributed by atoms with Gasteiger partial charge in [-0.05, 0) is 96.4 Å². The minimum absolute atomic E-state index is 0.0252. The van der Waals surface area contributed by atoms with Gasteiger partial charge in [-0.15, -0.1) is 0 Å². The predicted octanol–water partition coefficient (Wildman–Crippen LogP) is 11.5. The average molecular weight is 604 g/mol. The van der Waals surface area contributed by atoms with Crippen LogP contribution in [0.2, 0.25) is 0 Å². The predicted molar refractivity (Wildman–Crippen MR) is 194 cm³/mol. The molecule has 1 aliphatic carbocycles. The topological polar surface area (TPSA) is 17.8 Å². The number of para-hydroxylation sites is 2. The molecule has 2 heteroatoms. The number of nitrogens with zero attached hydrogens (tertiary/aromatic N) is 2. The van der Waals surface area contributed by atoms with Crippen molar-refractivity contribution in [2.24, 2.45) is 0 Å². The zero-order chi connectivity index (χ0) is 42.2. The number of fused-ring (bicyclic) bond motifs is 6. The molecular formula is C44H34N2. The average Bonchev–Trinajstić information content (AvgIpc) is 3.72. The monoisotopic (exact) mass is 603 g/mol. The summed E-state index contributed by atoms with van der Waals surface area (Å²) in [5.41, 5.74) is 5.81. The van der Waals surface area contributed by atoms with E-state index in [4.69, 9.17) is 12.3 Å². The Morgan fingerprint density at radius 1 is 0.674 bits per heavy atom. The van der Waals surface area contributed by atoms with E-state index in [0.29, 0.717) is 16.6 Å². The van der Waals surface area contributed by atoms with E-state index in [-0.39, 0.29) is 61.8 Å². The third-order valence-electron chi connectivity index (χ3n) is 9.31. The summed E-state index contributed by atoms with van der Waals surface area (Å²) in [5, 5.41) is 0.180. The summed E-state index contributed by atoms with van der Waals surface area (Å²) in [6.45, 7) is 1.10. The van der Waals surface area contributed by atoms with Gasteiger partial charge in [0, 0.05) is 24.3 Å². The highest BCUT2D eigenvalue weighted by Crippen LogP contribution is 2.51. The fourth-order valence-electron chi connectivity index (χ4n) is 7.23. The first-order valence-electron chi connectivity index (χ1n) is 21.6. The summed E-state index contributed by atoms with van der Waals surface area (Å²) >= 11 is 0. The molecule has 2 nitrogen and oxygen atoms in total. The molecule has 0 spiro atoms.